The van der Waals surface area contributed by atoms with E-state index in [1.165, 1.54) is 0 Å². The van der Waals surface area contributed by atoms with Crippen molar-refractivity contribution in [3.05, 3.63) is 0 Å². The molecule has 0 bridgehead atoms. The standard InChI is InChI=1S/C11H21N3O2/c1-11(2,3)16-10(15)13-4-8-6-14(12)7-9(8)5-13/h8-9H,4-7,12H2,1-3H3. The minimum Gasteiger partial charge on any atom is -0.444 e. The van der Waals surface area contributed by atoms with Crippen molar-refractivity contribution in [1.82, 2.24) is 9.91 Å². The lowest BCUT2D eigenvalue weighted by Gasteiger charge is -2.25. The van der Waals surface area contributed by atoms with Crippen LogP contribution < -0.4 is 5.84 Å². The molecule has 2 N–H and O–H groups in total. The second-order valence-electron chi connectivity index (χ2n) is 5.86. The summed E-state index contributed by atoms with van der Waals surface area (Å²) in [7, 11) is 0. The first-order chi connectivity index (χ1) is 7.35. The number of rotatable bonds is 0. The fourth-order valence-corrected chi connectivity index (χ4v) is 2.50. The Morgan fingerprint density at radius 2 is 1.69 bits per heavy atom. The smallest absolute Gasteiger partial charge is 0.410 e. The summed E-state index contributed by atoms with van der Waals surface area (Å²) in [5, 5.41) is 1.85. The van der Waals surface area contributed by atoms with Gasteiger partial charge in [-0.2, -0.15) is 0 Å². The van der Waals surface area contributed by atoms with Crippen LogP contribution in [0.25, 0.3) is 0 Å². The van der Waals surface area contributed by atoms with Gasteiger partial charge in [0.05, 0.1) is 0 Å². The van der Waals surface area contributed by atoms with Gasteiger partial charge in [-0.15, -0.1) is 0 Å². The molecule has 2 aliphatic heterocycles. The summed E-state index contributed by atoms with van der Waals surface area (Å²) in [6.45, 7) is 9.03. The molecule has 2 fully saturated rings. The topological polar surface area (TPSA) is 58.8 Å². The monoisotopic (exact) mass is 227 g/mol. The molecule has 5 heteroatoms. The largest absolute Gasteiger partial charge is 0.444 e. The molecule has 0 saturated carbocycles. The van der Waals surface area contributed by atoms with Crippen LogP contribution in [0.5, 0.6) is 0 Å². The number of carbonyl (C=O) groups is 1. The lowest BCUT2D eigenvalue weighted by molar-refractivity contribution is 0.0274. The van der Waals surface area contributed by atoms with E-state index in [2.05, 4.69) is 0 Å². The normalized spacial score (nSPS) is 30.6. The summed E-state index contributed by atoms with van der Waals surface area (Å²) in [4.78, 5) is 13.6. The molecule has 0 radical (unpaired) electrons. The van der Waals surface area contributed by atoms with Gasteiger partial charge in [-0.1, -0.05) is 0 Å². The summed E-state index contributed by atoms with van der Waals surface area (Å²) in [6.07, 6.45) is -0.189. The van der Waals surface area contributed by atoms with E-state index in [0.717, 1.165) is 26.2 Å². The highest BCUT2D eigenvalue weighted by Crippen LogP contribution is 2.30. The van der Waals surface area contributed by atoms with Crippen molar-refractivity contribution < 1.29 is 9.53 Å². The van der Waals surface area contributed by atoms with Crippen molar-refractivity contribution in [1.29, 1.82) is 0 Å². The first kappa shape index (κ1) is 11.7. The van der Waals surface area contributed by atoms with Gasteiger partial charge in [0.15, 0.2) is 0 Å². The molecule has 2 aliphatic rings. The molecule has 0 aromatic heterocycles. The third kappa shape index (κ3) is 2.47. The Hall–Kier alpha value is -0.810. The van der Waals surface area contributed by atoms with Crippen LogP contribution in [-0.4, -0.2) is 47.8 Å². The first-order valence-corrected chi connectivity index (χ1v) is 5.83. The first-order valence-electron chi connectivity index (χ1n) is 5.83. The van der Waals surface area contributed by atoms with Crippen LogP contribution in [0.3, 0.4) is 0 Å². The molecule has 2 atom stereocenters. The molecule has 0 aliphatic carbocycles. The quantitative estimate of drug-likeness (QED) is 0.618. The Labute approximate surface area is 96.5 Å². The molecular weight excluding hydrogens is 206 g/mol. The van der Waals surface area contributed by atoms with Gasteiger partial charge in [-0.25, -0.2) is 9.80 Å². The molecule has 1 amide bonds. The summed E-state index contributed by atoms with van der Waals surface area (Å²) in [5.41, 5.74) is -0.408. The molecule has 0 aromatic carbocycles. The minimum absolute atomic E-state index is 0.189. The minimum atomic E-state index is -0.408. The van der Waals surface area contributed by atoms with Crippen LogP contribution in [0.1, 0.15) is 20.8 Å². The van der Waals surface area contributed by atoms with Crippen LogP contribution in [0.4, 0.5) is 4.79 Å². The Morgan fingerprint density at radius 3 is 2.12 bits per heavy atom. The summed E-state index contributed by atoms with van der Waals surface area (Å²) >= 11 is 0. The molecule has 0 aromatic rings. The van der Waals surface area contributed by atoms with Gasteiger partial charge in [-0.05, 0) is 32.6 Å². The second-order valence-corrected chi connectivity index (χ2v) is 5.86. The number of carbonyl (C=O) groups excluding carboxylic acids is 1. The fourth-order valence-electron chi connectivity index (χ4n) is 2.50. The maximum Gasteiger partial charge on any atom is 0.410 e. The van der Waals surface area contributed by atoms with E-state index in [9.17, 15) is 4.79 Å². The van der Waals surface area contributed by atoms with Crippen LogP contribution >= 0.6 is 0 Å². The van der Waals surface area contributed by atoms with Gasteiger partial charge < -0.3 is 9.64 Å². The van der Waals surface area contributed by atoms with Crippen molar-refractivity contribution in [3.8, 4) is 0 Å². The third-order valence-corrected chi connectivity index (χ3v) is 3.17. The van der Waals surface area contributed by atoms with E-state index in [-0.39, 0.29) is 6.09 Å². The molecule has 2 saturated heterocycles. The van der Waals surface area contributed by atoms with Crippen LogP contribution in [0, 0.1) is 11.8 Å². The Bertz CT molecular complexity index is 273. The summed E-state index contributed by atoms with van der Waals surface area (Å²) in [5.74, 6) is 6.80. The number of hydrogen-bond donors (Lipinski definition) is 1. The van der Waals surface area contributed by atoms with Crippen molar-refractivity contribution in [3.63, 3.8) is 0 Å². The Balaban J connectivity index is 1.88. The number of ether oxygens (including phenoxy) is 1. The van der Waals surface area contributed by atoms with Gasteiger partial charge in [-0.3, -0.25) is 5.84 Å². The molecule has 16 heavy (non-hydrogen) atoms. The van der Waals surface area contributed by atoms with E-state index in [1.807, 2.05) is 30.7 Å². The molecule has 0 spiro atoms. The van der Waals surface area contributed by atoms with Gasteiger partial charge in [0.1, 0.15) is 5.60 Å². The van der Waals surface area contributed by atoms with Crippen LogP contribution in [0.15, 0.2) is 0 Å². The number of nitrogens with two attached hydrogens (primary N) is 1. The number of amides is 1. The third-order valence-electron chi connectivity index (χ3n) is 3.17. The number of nitrogens with zero attached hydrogens (tertiary/aromatic N) is 2. The summed E-state index contributed by atoms with van der Waals surface area (Å²) < 4.78 is 5.36. The predicted molar refractivity (Wildman–Crippen MR) is 60.5 cm³/mol. The van der Waals surface area contributed by atoms with Crippen molar-refractivity contribution in [2.24, 2.45) is 17.7 Å². The Kier molecular flexibility index (Phi) is 2.84. The van der Waals surface area contributed by atoms with Gasteiger partial charge in [0.2, 0.25) is 0 Å². The highest BCUT2D eigenvalue weighted by atomic mass is 16.6. The van der Waals surface area contributed by atoms with E-state index in [4.69, 9.17) is 10.6 Å². The SMILES string of the molecule is CC(C)(C)OC(=O)N1CC2CN(N)CC2C1. The van der Waals surface area contributed by atoms with Gasteiger partial charge >= 0.3 is 6.09 Å². The maximum absolute atomic E-state index is 11.8. The van der Waals surface area contributed by atoms with Gasteiger partial charge in [0.25, 0.3) is 0 Å². The average Bonchev–Trinajstić information content (AvgIpc) is 2.56. The second kappa shape index (κ2) is 3.89. The summed E-state index contributed by atoms with van der Waals surface area (Å²) in [6, 6.07) is 0. The Morgan fingerprint density at radius 1 is 1.19 bits per heavy atom. The highest BCUT2D eigenvalue weighted by Gasteiger charge is 2.41. The van der Waals surface area contributed by atoms with E-state index in [0.29, 0.717) is 11.8 Å². The number of hydrogen-bond acceptors (Lipinski definition) is 4. The van der Waals surface area contributed by atoms with E-state index in [1.54, 1.807) is 0 Å². The zero-order valence-corrected chi connectivity index (χ0v) is 10.3. The molecule has 2 rings (SSSR count). The molecule has 2 unspecified atom stereocenters. The molecule has 92 valence electrons. The van der Waals surface area contributed by atoms with Crippen LogP contribution in [0.2, 0.25) is 0 Å². The molecule has 5 nitrogen and oxygen atoms in total. The zero-order chi connectivity index (χ0) is 11.9. The molecule has 2 heterocycles. The van der Waals surface area contributed by atoms with Crippen molar-refractivity contribution in [2.75, 3.05) is 26.2 Å². The van der Waals surface area contributed by atoms with Crippen molar-refractivity contribution in [2.45, 2.75) is 26.4 Å². The number of likely N-dealkylation sites (tertiary alicyclic amines) is 1. The van der Waals surface area contributed by atoms with E-state index >= 15 is 0 Å². The van der Waals surface area contributed by atoms with Crippen molar-refractivity contribution >= 4 is 6.09 Å². The lowest BCUT2D eigenvalue weighted by atomic mass is 10.0. The number of fused-ring (bicyclic) bond motifs is 1. The lowest BCUT2D eigenvalue weighted by Crippen LogP contribution is -2.38. The zero-order valence-electron chi connectivity index (χ0n) is 10.3. The predicted octanol–water partition coefficient (Wildman–Crippen LogP) is 0.659. The highest BCUT2D eigenvalue weighted by molar-refractivity contribution is 5.68. The average molecular weight is 227 g/mol. The van der Waals surface area contributed by atoms with Gasteiger partial charge in [0, 0.05) is 26.2 Å². The number of hydrazine groups is 1. The van der Waals surface area contributed by atoms with E-state index < -0.39 is 5.60 Å². The van der Waals surface area contributed by atoms with Crippen LogP contribution in [-0.2, 0) is 4.74 Å². The maximum atomic E-state index is 11.8. The fraction of sp³-hybridized carbons (Fsp3) is 0.909. The molecular formula is C11H21N3O2.